The average molecular weight is 454 g/mol. The van der Waals surface area contributed by atoms with E-state index in [0.717, 1.165) is 49.9 Å². The number of hydrogen-bond acceptors (Lipinski definition) is 4. The molecule has 164 valence electrons. The molecule has 6 aromatic rings. The summed E-state index contributed by atoms with van der Waals surface area (Å²) in [4.78, 5) is 9.67. The first kappa shape index (κ1) is 20.1. The maximum atomic E-state index is 6.53. The highest BCUT2D eigenvalue weighted by atomic mass is 32.1. The van der Waals surface area contributed by atoms with Crippen LogP contribution >= 0.6 is 11.3 Å². The second-order valence-electron chi connectivity index (χ2n) is 9.58. The summed E-state index contributed by atoms with van der Waals surface area (Å²) in [5.74, 6) is 0. The third-order valence-electron chi connectivity index (χ3n) is 6.20. The Morgan fingerprint density at radius 2 is 1.82 bits per heavy atom. The lowest BCUT2D eigenvalue weighted by Gasteiger charge is -2.13. The molecule has 0 unspecified atom stereocenters. The van der Waals surface area contributed by atoms with Crippen molar-refractivity contribution < 1.29 is 8.98 Å². The summed E-state index contributed by atoms with van der Waals surface area (Å²) < 4.78 is 11.9. The van der Waals surface area contributed by atoms with Crippen LogP contribution in [0.2, 0.25) is 0 Å². The number of rotatable bonds is 2. The van der Waals surface area contributed by atoms with Gasteiger partial charge in [-0.1, -0.05) is 51.1 Å². The molecular weight excluding hydrogens is 428 g/mol. The van der Waals surface area contributed by atoms with Crippen molar-refractivity contribution in [3.8, 4) is 22.5 Å². The van der Waals surface area contributed by atoms with Gasteiger partial charge in [0.05, 0.1) is 20.8 Å². The molecule has 0 saturated heterocycles. The maximum Gasteiger partial charge on any atom is 0.257 e. The third-order valence-corrected chi connectivity index (χ3v) is 7.64. The molecule has 0 aliphatic heterocycles. The zero-order valence-corrected chi connectivity index (χ0v) is 20.2. The van der Waals surface area contributed by atoms with E-state index in [4.69, 9.17) is 9.40 Å². The second kappa shape index (κ2) is 6.99. The Labute approximate surface area is 196 Å². The maximum absolute atomic E-state index is 6.53. The minimum Gasteiger partial charge on any atom is -0.429 e. The largest absolute Gasteiger partial charge is 0.429 e. The number of benzene rings is 2. The summed E-state index contributed by atoms with van der Waals surface area (Å²) in [7, 11) is 2.06. The molecule has 0 amide bonds. The molecule has 4 aromatic heterocycles. The summed E-state index contributed by atoms with van der Waals surface area (Å²) in [5, 5.41) is 1.16. The van der Waals surface area contributed by atoms with Crippen molar-refractivity contribution in [3.05, 3.63) is 71.6 Å². The number of aromatic nitrogens is 4. The van der Waals surface area contributed by atoms with Crippen LogP contribution in [-0.2, 0) is 12.5 Å². The van der Waals surface area contributed by atoms with E-state index in [0.29, 0.717) is 0 Å². The normalized spacial score (nSPS) is 12.4. The van der Waals surface area contributed by atoms with Crippen LogP contribution in [-0.4, -0.2) is 14.4 Å². The van der Waals surface area contributed by atoms with Crippen molar-refractivity contribution in [3.63, 3.8) is 0 Å². The van der Waals surface area contributed by atoms with E-state index in [1.807, 2.05) is 28.9 Å². The molecule has 6 rings (SSSR count). The Morgan fingerprint density at radius 3 is 2.58 bits per heavy atom. The molecule has 0 radical (unpaired) electrons. The first-order chi connectivity index (χ1) is 15.8. The fourth-order valence-corrected chi connectivity index (χ4v) is 5.50. The summed E-state index contributed by atoms with van der Waals surface area (Å²) >= 11 is 1.78. The van der Waals surface area contributed by atoms with E-state index in [1.165, 1.54) is 10.3 Å². The molecule has 0 atom stereocenters. The number of imidazole rings is 1. The first-order valence-corrected chi connectivity index (χ1v) is 11.9. The van der Waals surface area contributed by atoms with Crippen LogP contribution in [0.4, 0.5) is 0 Å². The molecule has 6 heteroatoms. The SMILES string of the molecule is Cc1c(-c2c3oc4c(-c5ccccc5)ncn4c3cc[n+]2C)ccc2sc(C(C)(C)C)nc12. The number of thiazole rings is 1. The molecule has 0 N–H and O–H groups in total. The Hall–Kier alpha value is -3.51. The molecule has 2 aromatic carbocycles. The van der Waals surface area contributed by atoms with E-state index in [2.05, 4.69) is 80.8 Å². The van der Waals surface area contributed by atoms with Crippen LogP contribution in [0.3, 0.4) is 0 Å². The van der Waals surface area contributed by atoms with E-state index < -0.39 is 0 Å². The summed E-state index contributed by atoms with van der Waals surface area (Å²) in [5.41, 5.74) is 8.95. The van der Waals surface area contributed by atoms with Gasteiger partial charge in [-0.3, -0.25) is 4.40 Å². The van der Waals surface area contributed by atoms with Gasteiger partial charge in [-0.05, 0) is 24.6 Å². The topological polar surface area (TPSA) is 47.2 Å². The lowest BCUT2D eigenvalue weighted by atomic mass is 9.98. The van der Waals surface area contributed by atoms with E-state index >= 15 is 0 Å². The smallest absolute Gasteiger partial charge is 0.257 e. The Kier molecular flexibility index (Phi) is 4.26. The van der Waals surface area contributed by atoms with Crippen molar-refractivity contribution in [2.24, 2.45) is 7.05 Å². The Bertz CT molecular complexity index is 1670. The molecule has 33 heavy (non-hydrogen) atoms. The van der Waals surface area contributed by atoms with E-state index in [1.54, 1.807) is 11.3 Å². The van der Waals surface area contributed by atoms with E-state index in [9.17, 15) is 0 Å². The quantitative estimate of drug-likeness (QED) is 0.283. The molecule has 5 nitrogen and oxygen atoms in total. The van der Waals surface area contributed by atoms with Gasteiger partial charge in [-0.15, -0.1) is 11.3 Å². The zero-order chi connectivity index (χ0) is 22.9. The molecule has 0 fully saturated rings. The molecule has 0 saturated carbocycles. The standard InChI is InChI=1S/C27H25N4OS/c1-16-18(11-12-20-21(16)29-26(33-20)27(2,3)4)23-24-19(13-14-30(23)5)31-15-28-22(25(31)32-24)17-9-7-6-8-10-17/h6-15H,1-5H3/q+1. The molecule has 0 spiro atoms. The molecule has 0 aliphatic rings. The monoisotopic (exact) mass is 453 g/mol. The van der Waals surface area contributed by atoms with Crippen molar-refractivity contribution in [2.75, 3.05) is 0 Å². The number of oxazole rings is 1. The van der Waals surface area contributed by atoms with Gasteiger partial charge >= 0.3 is 0 Å². The molecule has 4 heterocycles. The second-order valence-corrected chi connectivity index (χ2v) is 10.6. The summed E-state index contributed by atoms with van der Waals surface area (Å²) in [6.45, 7) is 8.80. The minimum atomic E-state index is 0.0302. The highest BCUT2D eigenvalue weighted by molar-refractivity contribution is 7.18. The van der Waals surface area contributed by atoms with Gasteiger partial charge in [0, 0.05) is 17.0 Å². The van der Waals surface area contributed by atoms with Gasteiger partial charge in [0.25, 0.3) is 5.69 Å². The first-order valence-electron chi connectivity index (χ1n) is 11.1. The lowest BCUT2D eigenvalue weighted by molar-refractivity contribution is -0.659. The number of aryl methyl sites for hydroxylation is 2. The fourth-order valence-electron chi connectivity index (χ4n) is 4.42. The van der Waals surface area contributed by atoms with Gasteiger partial charge in [-0.2, -0.15) is 4.57 Å². The van der Waals surface area contributed by atoms with Crippen LogP contribution < -0.4 is 4.57 Å². The van der Waals surface area contributed by atoms with Gasteiger partial charge in [0.1, 0.15) is 24.6 Å². The minimum absolute atomic E-state index is 0.0302. The zero-order valence-electron chi connectivity index (χ0n) is 19.4. The number of hydrogen-bond donors (Lipinski definition) is 0. The number of nitrogens with zero attached hydrogens (tertiary/aromatic N) is 4. The van der Waals surface area contributed by atoms with Gasteiger partial charge < -0.3 is 4.42 Å². The van der Waals surface area contributed by atoms with E-state index in [-0.39, 0.29) is 5.41 Å². The van der Waals surface area contributed by atoms with Crippen LogP contribution in [0.5, 0.6) is 0 Å². The Balaban J connectivity index is 1.62. The predicted molar refractivity (Wildman–Crippen MR) is 134 cm³/mol. The fraction of sp³-hybridized carbons (Fsp3) is 0.222. The Morgan fingerprint density at radius 1 is 1.03 bits per heavy atom. The highest BCUT2D eigenvalue weighted by Gasteiger charge is 2.26. The predicted octanol–water partition coefficient (Wildman–Crippen LogP) is 6.45. The van der Waals surface area contributed by atoms with Crippen molar-refractivity contribution in [1.29, 1.82) is 0 Å². The third kappa shape index (κ3) is 3.01. The summed E-state index contributed by atoms with van der Waals surface area (Å²) in [6, 6.07) is 16.6. The van der Waals surface area contributed by atoms with Crippen LogP contribution in [0.15, 0.2) is 65.5 Å². The van der Waals surface area contributed by atoms with Crippen molar-refractivity contribution in [1.82, 2.24) is 14.4 Å². The van der Waals surface area contributed by atoms with Gasteiger partial charge in [-0.25, -0.2) is 9.97 Å². The molecule has 0 aliphatic carbocycles. The molecule has 0 bridgehead atoms. The van der Waals surface area contributed by atoms with Crippen LogP contribution in [0, 0.1) is 6.92 Å². The van der Waals surface area contributed by atoms with Crippen LogP contribution in [0.25, 0.3) is 49.5 Å². The van der Waals surface area contributed by atoms with Crippen LogP contribution in [0.1, 0.15) is 31.3 Å². The summed E-state index contributed by atoms with van der Waals surface area (Å²) in [6.07, 6.45) is 3.93. The van der Waals surface area contributed by atoms with Crippen molar-refractivity contribution >= 4 is 38.4 Å². The van der Waals surface area contributed by atoms with Crippen molar-refractivity contribution in [2.45, 2.75) is 33.1 Å². The lowest BCUT2D eigenvalue weighted by Crippen LogP contribution is -2.30. The average Bonchev–Trinajstić information content (AvgIpc) is 3.48. The molecular formula is C27H25N4OS+. The van der Waals surface area contributed by atoms with Gasteiger partial charge in [0.2, 0.25) is 11.3 Å². The highest BCUT2D eigenvalue weighted by Crippen LogP contribution is 2.38. The number of fused-ring (bicyclic) bond motifs is 4. The van der Waals surface area contributed by atoms with Gasteiger partial charge in [0.15, 0.2) is 6.20 Å². The number of pyridine rings is 1.